The minimum atomic E-state index is -0.789. The number of carbonyl (C=O) groups is 3. The van der Waals surface area contributed by atoms with Crippen LogP contribution in [0.15, 0.2) is 36.5 Å². The van der Waals surface area contributed by atoms with E-state index in [0.717, 1.165) is 83.5 Å². The first-order valence-corrected chi connectivity index (χ1v) is 29.0. The van der Waals surface area contributed by atoms with Crippen LogP contribution in [0.5, 0.6) is 0 Å². The molecule has 0 aromatic rings. The third-order valence-electron chi connectivity index (χ3n) is 12.9. The molecule has 0 spiro atoms. The highest BCUT2D eigenvalue weighted by atomic mass is 16.6. The number of carbonyl (C=O) groups excluding carboxylic acids is 3. The Morgan fingerprint density at radius 3 is 0.864 bits per heavy atom. The van der Waals surface area contributed by atoms with Gasteiger partial charge in [-0.05, 0) is 70.6 Å². The summed E-state index contributed by atoms with van der Waals surface area (Å²) in [4.78, 5) is 38.1. The van der Waals surface area contributed by atoms with Gasteiger partial charge >= 0.3 is 17.9 Å². The van der Waals surface area contributed by atoms with Gasteiger partial charge in [-0.1, -0.05) is 256 Å². The topological polar surface area (TPSA) is 78.9 Å². The van der Waals surface area contributed by atoms with Crippen molar-refractivity contribution in [3.8, 4) is 0 Å². The predicted molar refractivity (Wildman–Crippen MR) is 284 cm³/mol. The van der Waals surface area contributed by atoms with Gasteiger partial charge in [0.1, 0.15) is 13.2 Å². The Morgan fingerprint density at radius 1 is 0.303 bits per heavy atom. The van der Waals surface area contributed by atoms with E-state index in [1.807, 2.05) is 0 Å². The molecule has 0 amide bonds. The molecule has 0 fully saturated rings. The first-order valence-electron chi connectivity index (χ1n) is 29.0. The third kappa shape index (κ3) is 52.6. The van der Waals surface area contributed by atoms with Crippen molar-refractivity contribution in [3.05, 3.63) is 36.5 Å². The maximum absolute atomic E-state index is 12.8. The Morgan fingerprint density at radius 2 is 0.545 bits per heavy atom. The molecule has 0 bridgehead atoms. The van der Waals surface area contributed by atoms with E-state index in [2.05, 4.69) is 57.2 Å². The number of allylic oxidation sites excluding steroid dienone is 6. The summed E-state index contributed by atoms with van der Waals surface area (Å²) in [7, 11) is 0. The van der Waals surface area contributed by atoms with Crippen LogP contribution in [0.1, 0.15) is 310 Å². The molecule has 1 atom stereocenters. The van der Waals surface area contributed by atoms with E-state index >= 15 is 0 Å². The lowest BCUT2D eigenvalue weighted by atomic mass is 10.0. The van der Waals surface area contributed by atoms with Crippen LogP contribution < -0.4 is 0 Å². The van der Waals surface area contributed by atoms with Crippen molar-refractivity contribution in [1.82, 2.24) is 0 Å². The summed E-state index contributed by atoms with van der Waals surface area (Å²) in [5.74, 6) is -0.911. The van der Waals surface area contributed by atoms with Crippen LogP contribution in [0, 0.1) is 0 Å². The Bertz CT molecular complexity index is 1110. The second-order valence-corrected chi connectivity index (χ2v) is 19.6. The van der Waals surface area contributed by atoms with E-state index in [1.54, 1.807) is 0 Å². The molecule has 0 rings (SSSR count). The van der Waals surface area contributed by atoms with Crippen molar-refractivity contribution >= 4 is 17.9 Å². The fourth-order valence-corrected chi connectivity index (χ4v) is 8.49. The highest BCUT2D eigenvalue weighted by molar-refractivity contribution is 5.71. The fraction of sp³-hybridized carbons (Fsp3) is 0.850. The first kappa shape index (κ1) is 63.6. The molecule has 0 saturated carbocycles. The van der Waals surface area contributed by atoms with Crippen LogP contribution in [0.25, 0.3) is 0 Å². The standard InChI is InChI=1S/C60H110O6/c1-4-7-10-13-16-19-22-25-27-29-30-31-33-35-38-41-44-47-50-53-59(62)65-56-57(55-64-58(61)52-49-46-43-40-37-34-24-21-18-15-12-9-6-3)66-60(63)54-51-48-45-42-39-36-32-28-26-23-20-17-14-11-8-5-2/h28,32,34,36-37,39,57H,4-27,29-31,33,35,38,40-56H2,1-3H3/b32-28-,37-34-,39-36-. The third-order valence-corrected chi connectivity index (χ3v) is 12.9. The molecule has 66 heavy (non-hydrogen) atoms. The van der Waals surface area contributed by atoms with Crippen molar-refractivity contribution < 1.29 is 28.6 Å². The zero-order chi connectivity index (χ0) is 47.9. The minimum Gasteiger partial charge on any atom is -0.462 e. The minimum absolute atomic E-state index is 0.0840. The molecule has 6 nitrogen and oxygen atoms in total. The summed E-state index contributed by atoms with van der Waals surface area (Å²) in [6.07, 6.45) is 65.7. The van der Waals surface area contributed by atoms with Crippen LogP contribution in [0.4, 0.5) is 0 Å². The SMILES string of the molecule is CCCCCCCC/C=C\CCCCCC(=O)OCC(COC(=O)CCCCCCCCCCCCCCCCCCCCC)OC(=O)CCCCC/C=C\C=C/CCCCCCCCC. The van der Waals surface area contributed by atoms with Crippen molar-refractivity contribution in [2.45, 2.75) is 316 Å². The van der Waals surface area contributed by atoms with Gasteiger partial charge in [0.25, 0.3) is 0 Å². The van der Waals surface area contributed by atoms with E-state index < -0.39 is 6.10 Å². The van der Waals surface area contributed by atoms with Crippen LogP contribution in [0.3, 0.4) is 0 Å². The molecule has 0 N–H and O–H groups in total. The van der Waals surface area contributed by atoms with E-state index in [-0.39, 0.29) is 31.1 Å². The summed E-state index contributed by atoms with van der Waals surface area (Å²) in [6, 6.07) is 0. The van der Waals surface area contributed by atoms with E-state index in [4.69, 9.17) is 14.2 Å². The Labute approximate surface area is 410 Å². The Balaban J connectivity index is 4.36. The second kappa shape index (κ2) is 55.2. The largest absolute Gasteiger partial charge is 0.462 e. The lowest BCUT2D eigenvalue weighted by Crippen LogP contribution is -2.30. The highest BCUT2D eigenvalue weighted by Gasteiger charge is 2.19. The Kier molecular flexibility index (Phi) is 53.2. The molecule has 0 saturated heterocycles. The zero-order valence-electron chi connectivity index (χ0n) is 44.2. The zero-order valence-corrected chi connectivity index (χ0v) is 44.2. The highest BCUT2D eigenvalue weighted by Crippen LogP contribution is 2.16. The molecule has 0 heterocycles. The monoisotopic (exact) mass is 927 g/mol. The van der Waals surface area contributed by atoms with E-state index in [0.29, 0.717) is 19.3 Å². The summed E-state index contributed by atoms with van der Waals surface area (Å²) >= 11 is 0. The van der Waals surface area contributed by atoms with Gasteiger partial charge in [-0.2, -0.15) is 0 Å². The molecule has 0 aliphatic rings. The number of hydrogen-bond acceptors (Lipinski definition) is 6. The summed E-state index contributed by atoms with van der Waals surface area (Å²) in [6.45, 7) is 6.63. The van der Waals surface area contributed by atoms with Crippen LogP contribution >= 0.6 is 0 Å². The summed E-state index contributed by atoms with van der Waals surface area (Å²) in [5, 5.41) is 0. The molecule has 0 aliphatic heterocycles. The second-order valence-electron chi connectivity index (χ2n) is 19.6. The van der Waals surface area contributed by atoms with Gasteiger partial charge in [0.05, 0.1) is 0 Å². The average Bonchev–Trinajstić information content (AvgIpc) is 3.31. The molecule has 0 aromatic heterocycles. The molecule has 0 radical (unpaired) electrons. The molecule has 6 heteroatoms. The van der Waals surface area contributed by atoms with Gasteiger partial charge in [-0.25, -0.2) is 0 Å². The van der Waals surface area contributed by atoms with Crippen LogP contribution in [-0.2, 0) is 28.6 Å². The van der Waals surface area contributed by atoms with E-state index in [9.17, 15) is 14.4 Å². The average molecular weight is 928 g/mol. The molecule has 386 valence electrons. The maximum Gasteiger partial charge on any atom is 0.306 e. The number of esters is 3. The van der Waals surface area contributed by atoms with Gasteiger partial charge in [-0.3, -0.25) is 14.4 Å². The van der Waals surface area contributed by atoms with Gasteiger partial charge in [0.2, 0.25) is 0 Å². The summed E-state index contributed by atoms with van der Waals surface area (Å²) in [5.41, 5.74) is 0. The number of rotatable bonds is 53. The van der Waals surface area contributed by atoms with Crippen LogP contribution in [-0.4, -0.2) is 37.2 Å². The normalized spacial score (nSPS) is 12.2. The van der Waals surface area contributed by atoms with Crippen LogP contribution in [0.2, 0.25) is 0 Å². The lowest BCUT2D eigenvalue weighted by molar-refractivity contribution is -0.167. The molecular weight excluding hydrogens is 817 g/mol. The van der Waals surface area contributed by atoms with Gasteiger partial charge in [-0.15, -0.1) is 0 Å². The quantitative estimate of drug-likeness (QED) is 0.0199. The van der Waals surface area contributed by atoms with E-state index in [1.165, 1.54) is 186 Å². The number of unbranched alkanes of at least 4 members (excludes halogenated alkanes) is 37. The smallest absolute Gasteiger partial charge is 0.306 e. The molecule has 1 unspecified atom stereocenters. The van der Waals surface area contributed by atoms with Crippen molar-refractivity contribution in [2.24, 2.45) is 0 Å². The molecular formula is C60H110O6. The molecule has 0 aromatic carbocycles. The maximum atomic E-state index is 12.8. The van der Waals surface area contributed by atoms with Crippen molar-refractivity contribution in [1.29, 1.82) is 0 Å². The number of hydrogen-bond donors (Lipinski definition) is 0. The molecule has 0 aliphatic carbocycles. The fourth-order valence-electron chi connectivity index (χ4n) is 8.49. The first-order chi connectivity index (χ1) is 32.5. The van der Waals surface area contributed by atoms with Gasteiger partial charge in [0, 0.05) is 19.3 Å². The van der Waals surface area contributed by atoms with Gasteiger partial charge < -0.3 is 14.2 Å². The van der Waals surface area contributed by atoms with Gasteiger partial charge in [0.15, 0.2) is 6.10 Å². The Hall–Kier alpha value is -2.37. The van der Waals surface area contributed by atoms with Crippen molar-refractivity contribution in [3.63, 3.8) is 0 Å². The predicted octanol–water partition coefficient (Wildman–Crippen LogP) is 19.3. The summed E-state index contributed by atoms with van der Waals surface area (Å²) < 4.78 is 16.8. The lowest BCUT2D eigenvalue weighted by Gasteiger charge is -2.18. The number of ether oxygens (including phenoxy) is 3. The van der Waals surface area contributed by atoms with Crippen molar-refractivity contribution in [2.75, 3.05) is 13.2 Å².